The van der Waals surface area contributed by atoms with Gasteiger partial charge in [-0.3, -0.25) is 4.90 Å². The van der Waals surface area contributed by atoms with Crippen LogP contribution in [0.4, 0.5) is 0 Å². The highest BCUT2D eigenvalue weighted by molar-refractivity contribution is 5.48. The minimum atomic E-state index is 0.252. The van der Waals surface area contributed by atoms with Crippen molar-refractivity contribution < 1.29 is 9.47 Å². The molecule has 4 nitrogen and oxygen atoms in total. The molecule has 0 amide bonds. The van der Waals surface area contributed by atoms with E-state index in [4.69, 9.17) is 9.47 Å². The van der Waals surface area contributed by atoms with Crippen LogP contribution in [0.2, 0.25) is 0 Å². The zero-order valence-electron chi connectivity index (χ0n) is 14.3. The van der Waals surface area contributed by atoms with Gasteiger partial charge in [0.05, 0.1) is 6.04 Å². The maximum Gasteiger partial charge on any atom is 0.231 e. The summed E-state index contributed by atoms with van der Waals surface area (Å²) in [5, 5.41) is 3.45. The Hall–Kier alpha value is -2.04. The molecule has 2 aliphatic rings. The third-order valence-corrected chi connectivity index (χ3v) is 4.95. The highest BCUT2D eigenvalue weighted by atomic mass is 16.7. The van der Waals surface area contributed by atoms with Gasteiger partial charge in [-0.15, -0.1) is 0 Å². The van der Waals surface area contributed by atoms with E-state index in [0.717, 1.165) is 37.7 Å². The highest BCUT2D eigenvalue weighted by Crippen LogP contribution is 2.38. The lowest BCUT2D eigenvalue weighted by atomic mass is 9.92. The molecule has 0 aromatic heterocycles. The summed E-state index contributed by atoms with van der Waals surface area (Å²) >= 11 is 0. The number of aryl methyl sites for hydroxylation is 2. The van der Waals surface area contributed by atoms with Crippen molar-refractivity contribution in [2.75, 3.05) is 33.0 Å². The Kier molecular flexibility index (Phi) is 4.17. The van der Waals surface area contributed by atoms with Crippen LogP contribution in [0.25, 0.3) is 0 Å². The van der Waals surface area contributed by atoms with Gasteiger partial charge >= 0.3 is 0 Å². The van der Waals surface area contributed by atoms with E-state index in [1.807, 2.05) is 6.07 Å². The molecule has 2 aliphatic heterocycles. The lowest BCUT2D eigenvalue weighted by Crippen LogP contribution is -2.45. The Balaban J connectivity index is 1.77. The number of rotatable bonds is 3. The monoisotopic (exact) mass is 324 g/mol. The summed E-state index contributed by atoms with van der Waals surface area (Å²) in [6.07, 6.45) is 0. The molecule has 4 heteroatoms. The molecule has 1 unspecified atom stereocenters. The predicted molar refractivity (Wildman–Crippen MR) is 94.8 cm³/mol. The Bertz CT molecular complexity index is 738. The fourth-order valence-electron chi connectivity index (χ4n) is 3.74. The van der Waals surface area contributed by atoms with E-state index in [2.05, 4.69) is 54.4 Å². The molecule has 0 saturated carbocycles. The lowest BCUT2D eigenvalue weighted by Gasteiger charge is -2.36. The van der Waals surface area contributed by atoms with Gasteiger partial charge in [0, 0.05) is 26.2 Å². The van der Waals surface area contributed by atoms with Crippen LogP contribution in [0.3, 0.4) is 0 Å². The number of ether oxygens (including phenoxy) is 2. The number of piperazine rings is 1. The van der Waals surface area contributed by atoms with E-state index >= 15 is 0 Å². The van der Waals surface area contributed by atoms with E-state index in [0.29, 0.717) is 6.79 Å². The summed E-state index contributed by atoms with van der Waals surface area (Å²) in [7, 11) is 0. The van der Waals surface area contributed by atoms with Gasteiger partial charge < -0.3 is 14.8 Å². The molecule has 1 N–H and O–H groups in total. The molecule has 2 heterocycles. The quantitative estimate of drug-likeness (QED) is 0.941. The van der Waals surface area contributed by atoms with E-state index in [-0.39, 0.29) is 6.04 Å². The van der Waals surface area contributed by atoms with Crippen molar-refractivity contribution >= 4 is 0 Å². The van der Waals surface area contributed by atoms with Crippen LogP contribution < -0.4 is 14.8 Å². The van der Waals surface area contributed by atoms with Gasteiger partial charge in [0.2, 0.25) is 6.79 Å². The molecule has 0 aliphatic carbocycles. The smallest absolute Gasteiger partial charge is 0.231 e. The molecule has 1 fully saturated rings. The van der Waals surface area contributed by atoms with E-state index in [1.54, 1.807) is 0 Å². The number of hydrogen-bond donors (Lipinski definition) is 1. The number of benzene rings is 2. The molecule has 126 valence electrons. The topological polar surface area (TPSA) is 33.7 Å². The van der Waals surface area contributed by atoms with Crippen LogP contribution in [0, 0.1) is 13.8 Å². The molecule has 2 aromatic carbocycles. The average Bonchev–Trinajstić information content (AvgIpc) is 3.06. The van der Waals surface area contributed by atoms with Crippen molar-refractivity contribution in [1.29, 1.82) is 0 Å². The fourth-order valence-corrected chi connectivity index (χ4v) is 3.74. The van der Waals surface area contributed by atoms with E-state index < -0.39 is 0 Å². The van der Waals surface area contributed by atoms with Crippen molar-refractivity contribution in [1.82, 2.24) is 10.2 Å². The zero-order valence-corrected chi connectivity index (χ0v) is 14.3. The van der Waals surface area contributed by atoms with Crippen molar-refractivity contribution in [3.8, 4) is 11.5 Å². The fraction of sp³-hybridized carbons (Fsp3) is 0.400. The third-order valence-electron chi connectivity index (χ3n) is 4.95. The largest absolute Gasteiger partial charge is 0.454 e. The summed E-state index contributed by atoms with van der Waals surface area (Å²) < 4.78 is 11.1. The molecule has 1 atom stereocenters. The van der Waals surface area contributed by atoms with Crippen LogP contribution in [0.5, 0.6) is 11.5 Å². The van der Waals surface area contributed by atoms with Gasteiger partial charge in [0.25, 0.3) is 0 Å². The van der Waals surface area contributed by atoms with E-state index in [9.17, 15) is 0 Å². The maximum absolute atomic E-state index is 5.61. The van der Waals surface area contributed by atoms with Crippen LogP contribution in [-0.2, 0) is 0 Å². The first kappa shape index (κ1) is 15.5. The molecule has 2 aromatic rings. The molecule has 0 bridgehead atoms. The van der Waals surface area contributed by atoms with Crippen LogP contribution in [0.1, 0.15) is 28.3 Å². The number of fused-ring (bicyclic) bond motifs is 1. The van der Waals surface area contributed by atoms with Crippen molar-refractivity contribution in [3.63, 3.8) is 0 Å². The Labute approximate surface area is 143 Å². The molecular weight excluding hydrogens is 300 g/mol. The maximum atomic E-state index is 5.61. The van der Waals surface area contributed by atoms with Crippen LogP contribution >= 0.6 is 0 Å². The summed E-state index contributed by atoms with van der Waals surface area (Å²) in [4.78, 5) is 2.56. The van der Waals surface area contributed by atoms with Crippen molar-refractivity contribution in [2.45, 2.75) is 19.9 Å². The van der Waals surface area contributed by atoms with Gasteiger partial charge in [0.1, 0.15) is 0 Å². The summed E-state index contributed by atoms with van der Waals surface area (Å²) in [5.74, 6) is 1.70. The Morgan fingerprint density at radius 2 is 1.75 bits per heavy atom. The number of nitrogens with zero attached hydrogens (tertiary/aromatic N) is 1. The van der Waals surface area contributed by atoms with Gasteiger partial charge in [-0.1, -0.05) is 29.8 Å². The first-order valence-electron chi connectivity index (χ1n) is 8.64. The SMILES string of the molecule is Cc1ccc(C(c2ccc3c(c2)OCO3)N2CCNCC2)c(C)c1. The van der Waals surface area contributed by atoms with Gasteiger partial charge in [-0.25, -0.2) is 0 Å². The first-order chi connectivity index (χ1) is 11.7. The second-order valence-electron chi connectivity index (χ2n) is 6.66. The molecule has 0 radical (unpaired) electrons. The summed E-state index contributed by atoms with van der Waals surface area (Å²) in [6, 6.07) is 13.4. The second-order valence-corrected chi connectivity index (χ2v) is 6.66. The van der Waals surface area contributed by atoms with Crippen molar-refractivity contribution in [3.05, 3.63) is 58.7 Å². The first-order valence-corrected chi connectivity index (χ1v) is 8.64. The lowest BCUT2D eigenvalue weighted by molar-refractivity contribution is 0.173. The third kappa shape index (κ3) is 2.87. The summed E-state index contributed by atoms with van der Waals surface area (Å²) in [6.45, 7) is 8.85. The Morgan fingerprint density at radius 1 is 0.958 bits per heavy atom. The second kappa shape index (κ2) is 6.46. The molecule has 24 heavy (non-hydrogen) atoms. The van der Waals surface area contributed by atoms with Crippen LogP contribution in [0.15, 0.2) is 36.4 Å². The zero-order chi connectivity index (χ0) is 16.5. The minimum Gasteiger partial charge on any atom is -0.454 e. The average molecular weight is 324 g/mol. The molecule has 1 saturated heterocycles. The van der Waals surface area contributed by atoms with Gasteiger partial charge in [-0.05, 0) is 42.7 Å². The standard InChI is InChI=1S/C20H24N2O2/c1-14-3-5-17(15(2)11-14)20(22-9-7-21-8-10-22)16-4-6-18-19(12-16)24-13-23-18/h3-6,11-12,20-21H,7-10,13H2,1-2H3. The molecule has 4 rings (SSSR count). The van der Waals surface area contributed by atoms with E-state index in [1.165, 1.54) is 22.3 Å². The normalized spacial score (nSPS) is 18.6. The van der Waals surface area contributed by atoms with Crippen LogP contribution in [-0.4, -0.2) is 37.9 Å². The Morgan fingerprint density at radius 3 is 2.54 bits per heavy atom. The predicted octanol–water partition coefficient (Wildman–Crippen LogP) is 3.03. The summed E-state index contributed by atoms with van der Waals surface area (Å²) in [5.41, 5.74) is 5.30. The molecule has 0 spiro atoms. The number of nitrogens with one attached hydrogen (secondary N) is 1. The van der Waals surface area contributed by atoms with Gasteiger partial charge in [-0.2, -0.15) is 0 Å². The van der Waals surface area contributed by atoms with Crippen molar-refractivity contribution in [2.24, 2.45) is 0 Å². The highest BCUT2D eigenvalue weighted by Gasteiger charge is 2.27. The minimum absolute atomic E-state index is 0.252. The molecular formula is C20H24N2O2. The number of hydrogen-bond acceptors (Lipinski definition) is 4. The van der Waals surface area contributed by atoms with Gasteiger partial charge in [0.15, 0.2) is 11.5 Å².